The van der Waals surface area contributed by atoms with Gasteiger partial charge in [-0.15, -0.1) is 0 Å². The minimum absolute atomic E-state index is 0.0308. The molecule has 3 aromatic rings. The molecule has 0 radical (unpaired) electrons. The van der Waals surface area contributed by atoms with Crippen molar-refractivity contribution in [1.29, 1.82) is 0 Å². The van der Waals surface area contributed by atoms with Gasteiger partial charge in [-0.25, -0.2) is 4.98 Å². The molecule has 1 fully saturated rings. The van der Waals surface area contributed by atoms with E-state index in [1.807, 2.05) is 17.0 Å². The van der Waals surface area contributed by atoms with Gasteiger partial charge in [0.25, 0.3) is 0 Å². The summed E-state index contributed by atoms with van der Waals surface area (Å²) in [6.45, 7) is 1.14. The van der Waals surface area contributed by atoms with Crippen LogP contribution in [0.5, 0.6) is 0 Å². The largest absolute Gasteiger partial charge is 0.384 e. The number of carbonyl (C=O) groups is 1. The first kappa shape index (κ1) is 17.8. The van der Waals surface area contributed by atoms with E-state index in [-0.39, 0.29) is 5.91 Å². The summed E-state index contributed by atoms with van der Waals surface area (Å²) in [7, 11) is 0. The fourth-order valence-corrected chi connectivity index (χ4v) is 4.37. The van der Waals surface area contributed by atoms with E-state index in [0.29, 0.717) is 29.0 Å². The van der Waals surface area contributed by atoms with Crippen molar-refractivity contribution in [2.75, 3.05) is 12.3 Å². The molecule has 0 saturated heterocycles. The number of halogens is 2. The topological polar surface area (TPSA) is 101 Å². The van der Waals surface area contributed by atoms with Gasteiger partial charge in [-0.3, -0.25) is 4.79 Å². The van der Waals surface area contributed by atoms with Gasteiger partial charge in [-0.2, -0.15) is 0 Å². The predicted molar refractivity (Wildman–Crippen MR) is 111 cm³/mol. The molecule has 0 spiro atoms. The van der Waals surface area contributed by atoms with Gasteiger partial charge in [0.2, 0.25) is 5.91 Å². The average molecular weight is 416 g/mol. The monoisotopic (exact) mass is 415 g/mol. The van der Waals surface area contributed by atoms with E-state index in [1.54, 1.807) is 12.3 Å². The van der Waals surface area contributed by atoms with Gasteiger partial charge in [-0.1, -0.05) is 23.2 Å². The molecule has 0 atom stereocenters. The molecule has 5 rings (SSSR count). The highest BCUT2D eigenvalue weighted by molar-refractivity contribution is 6.45. The van der Waals surface area contributed by atoms with Crippen LogP contribution in [0.1, 0.15) is 24.1 Å². The number of hydrogen-bond acceptors (Lipinski definition) is 4. The zero-order valence-electron chi connectivity index (χ0n) is 15.1. The van der Waals surface area contributed by atoms with E-state index >= 15 is 0 Å². The van der Waals surface area contributed by atoms with Crippen LogP contribution < -0.4 is 11.5 Å². The zero-order chi connectivity index (χ0) is 19.6. The van der Waals surface area contributed by atoms with E-state index in [9.17, 15) is 4.79 Å². The second-order valence-corrected chi connectivity index (χ2v) is 8.44. The number of fused-ring (bicyclic) bond motifs is 3. The second kappa shape index (κ2) is 6.11. The third-order valence-electron chi connectivity index (χ3n) is 5.74. The van der Waals surface area contributed by atoms with Crippen LogP contribution in [0.25, 0.3) is 22.0 Å². The molecule has 1 saturated carbocycles. The maximum absolute atomic E-state index is 12.8. The molecule has 0 bridgehead atoms. The van der Waals surface area contributed by atoms with E-state index < -0.39 is 5.54 Å². The van der Waals surface area contributed by atoms with Crippen molar-refractivity contribution in [3.63, 3.8) is 0 Å². The fourth-order valence-electron chi connectivity index (χ4n) is 3.97. The number of aromatic amines is 1. The molecule has 2 aliphatic rings. The molecule has 1 amide bonds. The number of nitrogens with zero attached hydrogens (tertiary/aromatic N) is 2. The Balaban J connectivity index is 1.68. The standard InChI is InChI=1S/C20H19Cl2N5O/c21-13-7-11(10-1-2-15(23)25-8-10)16-12-9-27(19(28)20(24)4-5-20)6-3-14(12)26-18(16)17(13)22/h1-2,7-8,26H,3-6,9,24H2,(H2,23,25). The number of nitrogens with two attached hydrogens (primary N) is 2. The lowest BCUT2D eigenvalue weighted by molar-refractivity contribution is -0.134. The molecule has 5 N–H and O–H groups in total. The minimum Gasteiger partial charge on any atom is -0.384 e. The van der Waals surface area contributed by atoms with Crippen molar-refractivity contribution < 1.29 is 4.79 Å². The van der Waals surface area contributed by atoms with Gasteiger partial charge in [0, 0.05) is 47.9 Å². The predicted octanol–water partition coefficient (Wildman–Crippen LogP) is 3.49. The lowest BCUT2D eigenvalue weighted by atomic mass is 9.96. The lowest BCUT2D eigenvalue weighted by Crippen LogP contribution is -2.47. The molecule has 3 heterocycles. The molecule has 1 aromatic carbocycles. The number of pyridine rings is 1. The molecule has 1 aliphatic heterocycles. The number of hydrogen-bond donors (Lipinski definition) is 3. The lowest BCUT2D eigenvalue weighted by Gasteiger charge is -2.29. The van der Waals surface area contributed by atoms with Gasteiger partial charge >= 0.3 is 0 Å². The van der Waals surface area contributed by atoms with Gasteiger partial charge < -0.3 is 21.4 Å². The number of anilines is 1. The minimum atomic E-state index is -0.672. The normalized spacial score (nSPS) is 17.6. The first-order valence-electron chi connectivity index (χ1n) is 9.19. The molecule has 0 unspecified atom stereocenters. The van der Waals surface area contributed by atoms with E-state index in [4.69, 9.17) is 34.7 Å². The third-order valence-corrected chi connectivity index (χ3v) is 6.53. The van der Waals surface area contributed by atoms with E-state index in [1.165, 1.54) is 0 Å². The Labute approximate surface area is 171 Å². The van der Waals surface area contributed by atoms with Gasteiger partial charge in [0.15, 0.2) is 0 Å². The first-order chi connectivity index (χ1) is 13.4. The Morgan fingerprint density at radius 1 is 1.29 bits per heavy atom. The van der Waals surface area contributed by atoms with E-state index in [2.05, 4.69) is 9.97 Å². The van der Waals surface area contributed by atoms with Crippen LogP contribution >= 0.6 is 23.2 Å². The summed E-state index contributed by atoms with van der Waals surface area (Å²) < 4.78 is 0. The number of carbonyl (C=O) groups excluding carboxylic acids is 1. The van der Waals surface area contributed by atoms with Crippen LogP contribution in [0.3, 0.4) is 0 Å². The SMILES string of the molecule is Nc1ccc(-c2cc(Cl)c(Cl)c3[nH]c4c(c23)CN(C(=O)C2(N)CC2)CC4)cn1. The quantitative estimate of drug-likeness (QED) is 0.595. The van der Waals surface area contributed by atoms with Crippen LogP contribution in [0.4, 0.5) is 5.82 Å². The molecule has 28 heavy (non-hydrogen) atoms. The summed E-state index contributed by atoms with van der Waals surface area (Å²) in [5.41, 5.74) is 15.9. The van der Waals surface area contributed by atoms with Crippen LogP contribution in [0, 0.1) is 0 Å². The van der Waals surface area contributed by atoms with Crippen molar-refractivity contribution >= 4 is 45.8 Å². The highest BCUT2D eigenvalue weighted by Crippen LogP contribution is 2.43. The number of nitrogens with one attached hydrogen (secondary N) is 1. The van der Waals surface area contributed by atoms with Gasteiger partial charge in [-0.05, 0) is 36.6 Å². The molecular weight excluding hydrogens is 397 g/mol. The Morgan fingerprint density at radius 2 is 2.07 bits per heavy atom. The number of nitrogen functional groups attached to an aromatic ring is 1. The Hall–Kier alpha value is -2.28. The summed E-state index contributed by atoms with van der Waals surface area (Å²) >= 11 is 12.9. The highest BCUT2D eigenvalue weighted by atomic mass is 35.5. The first-order valence-corrected chi connectivity index (χ1v) is 9.94. The summed E-state index contributed by atoms with van der Waals surface area (Å²) in [5, 5.41) is 1.91. The molecule has 1 aliphatic carbocycles. The maximum Gasteiger partial charge on any atom is 0.242 e. The fraction of sp³-hybridized carbons (Fsp3) is 0.300. The number of aromatic nitrogens is 2. The average Bonchev–Trinajstić information content (AvgIpc) is 3.33. The van der Waals surface area contributed by atoms with Crippen molar-refractivity contribution in [1.82, 2.24) is 14.9 Å². The van der Waals surface area contributed by atoms with Crippen LogP contribution in [-0.2, 0) is 17.8 Å². The third kappa shape index (κ3) is 2.67. The molecule has 144 valence electrons. The molecule has 6 nitrogen and oxygen atoms in total. The highest BCUT2D eigenvalue weighted by Gasteiger charge is 2.48. The van der Waals surface area contributed by atoms with E-state index in [0.717, 1.165) is 52.5 Å². The van der Waals surface area contributed by atoms with Crippen molar-refractivity contribution in [3.05, 3.63) is 45.7 Å². The second-order valence-electron chi connectivity index (χ2n) is 7.66. The Morgan fingerprint density at radius 3 is 2.75 bits per heavy atom. The molecular formula is C20H19Cl2N5O. The van der Waals surface area contributed by atoms with Crippen LogP contribution in [-0.4, -0.2) is 32.9 Å². The maximum atomic E-state index is 12.8. The molecule has 8 heteroatoms. The molecule has 2 aromatic heterocycles. The smallest absolute Gasteiger partial charge is 0.242 e. The Bertz CT molecular complexity index is 1120. The Kier molecular flexibility index (Phi) is 3.88. The summed E-state index contributed by atoms with van der Waals surface area (Å²) in [4.78, 5) is 22.3. The van der Waals surface area contributed by atoms with Crippen LogP contribution in [0.2, 0.25) is 10.0 Å². The van der Waals surface area contributed by atoms with Crippen molar-refractivity contribution in [3.8, 4) is 11.1 Å². The summed E-state index contributed by atoms with van der Waals surface area (Å²) in [5.74, 6) is 0.480. The number of H-pyrrole nitrogens is 1. The zero-order valence-corrected chi connectivity index (χ0v) is 16.6. The summed E-state index contributed by atoms with van der Waals surface area (Å²) in [6, 6.07) is 5.51. The van der Waals surface area contributed by atoms with Gasteiger partial charge in [0.05, 0.1) is 21.1 Å². The number of rotatable bonds is 2. The van der Waals surface area contributed by atoms with Gasteiger partial charge in [0.1, 0.15) is 5.82 Å². The number of benzene rings is 1. The van der Waals surface area contributed by atoms with Crippen molar-refractivity contribution in [2.24, 2.45) is 5.73 Å². The summed E-state index contributed by atoms with van der Waals surface area (Å²) in [6.07, 6.45) is 3.96. The van der Waals surface area contributed by atoms with Crippen molar-refractivity contribution in [2.45, 2.75) is 31.3 Å². The number of amides is 1. The van der Waals surface area contributed by atoms with Crippen LogP contribution in [0.15, 0.2) is 24.4 Å².